The van der Waals surface area contributed by atoms with Crippen LogP contribution in [0.1, 0.15) is 43.4 Å². The standard InChI is InChI=1S/C20H21N3O4/c1-3-5-16-17(19(24)27-4-2)20(13-6-8-25-11-13,14-7-9-26-12-14)15-10-21-23-18(15)22-16/h6-12H,3-5H2,1-2H3,(H2,21,22,23). The molecule has 7 nitrogen and oxygen atoms in total. The van der Waals surface area contributed by atoms with Gasteiger partial charge in [-0.15, -0.1) is 0 Å². The summed E-state index contributed by atoms with van der Waals surface area (Å²) in [5.74, 6) is 0.372. The zero-order valence-corrected chi connectivity index (χ0v) is 15.2. The van der Waals surface area contributed by atoms with Crippen LogP contribution in [0.25, 0.3) is 0 Å². The zero-order valence-electron chi connectivity index (χ0n) is 15.2. The van der Waals surface area contributed by atoms with E-state index in [2.05, 4.69) is 22.4 Å². The summed E-state index contributed by atoms with van der Waals surface area (Å²) in [5, 5.41) is 10.6. The zero-order chi connectivity index (χ0) is 18.9. The van der Waals surface area contributed by atoms with Gasteiger partial charge in [-0.3, -0.25) is 5.10 Å². The molecule has 0 saturated heterocycles. The molecule has 1 aliphatic rings. The monoisotopic (exact) mass is 367 g/mol. The number of fused-ring (bicyclic) bond motifs is 1. The molecule has 0 saturated carbocycles. The van der Waals surface area contributed by atoms with Gasteiger partial charge in [0.1, 0.15) is 5.82 Å². The summed E-state index contributed by atoms with van der Waals surface area (Å²) in [6.45, 7) is 4.15. The Morgan fingerprint density at radius 2 is 1.89 bits per heavy atom. The number of nitrogens with one attached hydrogen (secondary N) is 2. The van der Waals surface area contributed by atoms with Gasteiger partial charge < -0.3 is 18.9 Å². The lowest BCUT2D eigenvalue weighted by atomic mass is 9.64. The van der Waals surface area contributed by atoms with Gasteiger partial charge in [0.2, 0.25) is 0 Å². The van der Waals surface area contributed by atoms with Crippen molar-refractivity contribution < 1.29 is 18.4 Å². The Morgan fingerprint density at radius 3 is 2.44 bits per heavy atom. The molecule has 0 bridgehead atoms. The molecule has 4 rings (SSSR count). The van der Waals surface area contributed by atoms with Crippen molar-refractivity contribution in [2.45, 2.75) is 32.1 Å². The number of esters is 1. The highest BCUT2D eigenvalue weighted by Crippen LogP contribution is 2.52. The number of rotatable bonds is 6. The topological polar surface area (TPSA) is 93.3 Å². The van der Waals surface area contributed by atoms with E-state index in [0.717, 1.165) is 34.6 Å². The van der Waals surface area contributed by atoms with E-state index < -0.39 is 5.41 Å². The number of aromatic amines is 1. The molecule has 4 heterocycles. The first-order valence-electron chi connectivity index (χ1n) is 9.00. The molecule has 0 fully saturated rings. The van der Waals surface area contributed by atoms with Crippen molar-refractivity contribution in [3.8, 4) is 0 Å². The maximum Gasteiger partial charge on any atom is 0.337 e. The Balaban J connectivity index is 2.10. The molecule has 2 N–H and O–H groups in total. The lowest BCUT2D eigenvalue weighted by Crippen LogP contribution is -2.40. The third kappa shape index (κ3) is 2.50. The van der Waals surface area contributed by atoms with Crippen molar-refractivity contribution >= 4 is 11.8 Å². The normalized spacial score (nSPS) is 15.3. The Kier molecular flexibility index (Phi) is 4.35. The van der Waals surface area contributed by atoms with Gasteiger partial charge in [-0.1, -0.05) is 13.3 Å². The van der Waals surface area contributed by atoms with Crippen LogP contribution < -0.4 is 5.32 Å². The fourth-order valence-corrected chi connectivity index (χ4v) is 3.88. The Morgan fingerprint density at radius 1 is 1.19 bits per heavy atom. The molecule has 27 heavy (non-hydrogen) atoms. The number of hydrogen-bond donors (Lipinski definition) is 2. The van der Waals surface area contributed by atoms with E-state index in [1.807, 2.05) is 12.1 Å². The van der Waals surface area contributed by atoms with Gasteiger partial charge in [0.05, 0.1) is 48.8 Å². The quantitative estimate of drug-likeness (QED) is 0.640. The van der Waals surface area contributed by atoms with E-state index in [4.69, 9.17) is 13.6 Å². The summed E-state index contributed by atoms with van der Waals surface area (Å²) in [4.78, 5) is 13.2. The lowest BCUT2D eigenvalue weighted by molar-refractivity contribution is -0.139. The number of H-pyrrole nitrogens is 1. The van der Waals surface area contributed by atoms with Crippen LogP contribution >= 0.6 is 0 Å². The van der Waals surface area contributed by atoms with Gasteiger partial charge in [0, 0.05) is 22.4 Å². The molecule has 3 aromatic rings. The minimum Gasteiger partial charge on any atom is -0.472 e. The molecule has 0 radical (unpaired) electrons. The fraction of sp³-hybridized carbons (Fsp3) is 0.300. The first-order valence-corrected chi connectivity index (χ1v) is 9.00. The summed E-state index contributed by atoms with van der Waals surface area (Å²) in [6, 6.07) is 3.72. The van der Waals surface area contributed by atoms with Crippen molar-refractivity contribution in [1.29, 1.82) is 0 Å². The number of aromatic nitrogens is 2. The van der Waals surface area contributed by atoms with Crippen molar-refractivity contribution in [1.82, 2.24) is 10.2 Å². The van der Waals surface area contributed by atoms with Gasteiger partial charge in [0.15, 0.2) is 0 Å². The van der Waals surface area contributed by atoms with Crippen molar-refractivity contribution in [3.05, 3.63) is 71.3 Å². The fourth-order valence-electron chi connectivity index (χ4n) is 3.88. The van der Waals surface area contributed by atoms with Crippen LogP contribution in [-0.2, 0) is 14.9 Å². The van der Waals surface area contributed by atoms with E-state index in [9.17, 15) is 4.79 Å². The summed E-state index contributed by atoms with van der Waals surface area (Å²) in [7, 11) is 0. The van der Waals surface area contributed by atoms with E-state index in [1.54, 1.807) is 38.2 Å². The number of furan rings is 2. The second-order valence-electron chi connectivity index (χ2n) is 6.38. The molecule has 7 heteroatoms. The van der Waals surface area contributed by atoms with Crippen molar-refractivity contribution in [2.75, 3.05) is 11.9 Å². The number of allylic oxidation sites excluding steroid dienone is 1. The minimum absolute atomic E-state index is 0.285. The van der Waals surface area contributed by atoms with Crippen LogP contribution in [0.4, 0.5) is 5.82 Å². The Labute approximate surface area is 156 Å². The summed E-state index contributed by atoms with van der Waals surface area (Å²) in [5.41, 5.74) is 2.82. The number of nitrogens with zero attached hydrogens (tertiary/aromatic N) is 1. The minimum atomic E-state index is -0.940. The maximum atomic E-state index is 13.2. The van der Waals surface area contributed by atoms with Gasteiger partial charge >= 0.3 is 5.97 Å². The van der Waals surface area contributed by atoms with Crippen LogP contribution in [0, 0.1) is 0 Å². The van der Waals surface area contributed by atoms with Crippen LogP contribution in [-0.4, -0.2) is 22.8 Å². The SMILES string of the molecule is CCCC1=C(C(=O)OCC)C(c2ccoc2)(c2ccoc2)c2cn[nH]c2N1. The molecule has 1 aliphatic heterocycles. The van der Waals surface area contributed by atoms with E-state index in [-0.39, 0.29) is 12.6 Å². The summed E-state index contributed by atoms with van der Waals surface area (Å²) < 4.78 is 16.3. The number of hydrogen-bond acceptors (Lipinski definition) is 6. The number of anilines is 1. The maximum absolute atomic E-state index is 13.2. The Hall–Kier alpha value is -3.22. The molecule has 0 atom stereocenters. The van der Waals surface area contributed by atoms with Crippen molar-refractivity contribution in [2.24, 2.45) is 0 Å². The third-order valence-electron chi connectivity index (χ3n) is 4.88. The van der Waals surface area contributed by atoms with E-state index in [1.165, 1.54) is 0 Å². The predicted octanol–water partition coefficient (Wildman–Crippen LogP) is 3.97. The van der Waals surface area contributed by atoms with Gasteiger partial charge in [-0.05, 0) is 25.5 Å². The molecule has 0 unspecified atom stereocenters. The average molecular weight is 367 g/mol. The molecule has 0 spiro atoms. The molecule has 0 aromatic carbocycles. The van der Waals surface area contributed by atoms with Crippen LogP contribution in [0.15, 0.2) is 63.5 Å². The smallest absolute Gasteiger partial charge is 0.337 e. The molecule has 0 aliphatic carbocycles. The molecular formula is C20H21N3O4. The number of ether oxygens (including phenoxy) is 1. The van der Waals surface area contributed by atoms with Crippen molar-refractivity contribution in [3.63, 3.8) is 0 Å². The predicted molar refractivity (Wildman–Crippen MR) is 98.1 cm³/mol. The highest BCUT2D eigenvalue weighted by Gasteiger charge is 2.51. The number of carbonyl (C=O) groups excluding carboxylic acids is 1. The van der Waals surface area contributed by atoms with E-state index >= 15 is 0 Å². The van der Waals surface area contributed by atoms with Gasteiger partial charge in [-0.2, -0.15) is 5.10 Å². The van der Waals surface area contributed by atoms with E-state index in [0.29, 0.717) is 12.0 Å². The van der Waals surface area contributed by atoms with Crippen LogP contribution in [0.5, 0.6) is 0 Å². The highest BCUT2D eigenvalue weighted by atomic mass is 16.5. The first-order chi connectivity index (χ1) is 13.2. The van der Waals surface area contributed by atoms with Gasteiger partial charge in [-0.25, -0.2) is 4.79 Å². The second-order valence-corrected chi connectivity index (χ2v) is 6.38. The summed E-state index contributed by atoms with van der Waals surface area (Å²) in [6.07, 6.45) is 9.77. The Bertz CT molecular complexity index is 917. The number of carbonyl (C=O) groups is 1. The van der Waals surface area contributed by atoms with Crippen LogP contribution in [0.2, 0.25) is 0 Å². The lowest BCUT2D eigenvalue weighted by Gasteiger charge is -2.39. The molecule has 140 valence electrons. The van der Waals surface area contributed by atoms with Crippen LogP contribution in [0.3, 0.4) is 0 Å². The second kappa shape index (κ2) is 6.83. The largest absolute Gasteiger partial charge is 0.472 e. The molecular weight excluding hydrogens is 346 g/mol. The first kappa shape index (κ1) is 17.2. The average Bonchev–Trinajstić information content (AvgIpc) is 3.42. The molecule has 3 aromatic heterocycles. The third-order valence-corrected chi connectivity index (χ3v) is 4.88. The molecule has 0 amide bonds. The highest BCUT2D eigenvalue weighted by molar-refractivity contribution is 5.98. The summed E-state index contributed by atoms with van der Waals surface area (Å²) >= 11 is 0. The van der Waals surface area contributed by atoms with Gasteiger partial charge in [0.25, 0.3) is 0 Å².